The number of hydrogen-bond acceptors (Lipinski definition) is 6. The lowest BCUT2D eigenvalue weighted by molar-refractivity contribution is -0.00919. The summed E-state index contributed by atoms with van der Waals surface area (Å²) in [6, 6.07) is -0.800. The number of nitrogens with two attached hydrogens (primary N) is 1. The van der Waals surface area contributed by atoms with Crippen LogP contribution in [0.4, 0.5) is 0 Å². The molecular formula is C8H16N2O5S2. The SMILES string of the molecule is CS(=O)(=O)CS(=O)(=O)NC1C(N)C2CCOC21. The second kappa shape index (κ2) is 4.16. The molecule has 0 aromatic rings. The Morgan fingerprint density at radius 2 is 2.00 bits per heavy atom. The van der Waals surface area contributed by atoms with E-state index in [4.69, 9.17) is 10.5 Å². The van der Waals surface area contributed by atoms with Crippen LogP contribution in [0.15, 0.2) is 0 Å². The first-order valence-electron chi connectivity index (χ1n) is 5.24. The third kappa shape index (κ3) is 2.79. The van der Waals surface area contributed by atoms with Gasteiger partial charge in [0, 0.05) is 24.8 Å². The van der Waals surface area contributed by atoms with Crippen LogP contribution in [-0.4, -0.2) is 53.0 Å². The monoisotopic (exact) mass is 284 g/mol. The van der Waals surface area contributed by atoms with Gasteiger partial charge in [0.25, 0.3) is 0 Å². The molecule has 9 heteroatoms. The van der Waals surface area contributed by atoms with Gasteiger partial charge in [-0.1, -0.05) is 0 Å². The largest absolute Gasteiger partial charge is 0.376 e. The third-order valence-electron chi connectivity index (χ3n) is 3.13. The van der Waals surface area contributed by atoms with E-state index in [1.54, 1.807) is 0 Å². The minimum Gasteiger partial charge on any atom is -0.376 e. The first kappa shape index (κ1) is 13.2. The minimum atomic E-state index is -3.87. The Balaban J connectivity index is 2.02. The molecule has 0 amide bonds. The van der Waals surface area contributed by atoms with Crippen LogP contribution >= 0.6 is 0 Å². The topological polar surface area (TPSA) is 116 Å². The van der Waals surface area contributed by atoms with Crippen LogP contribution in [0.25, 0.3) is 0 Å². The van der Waals surface area contributed by atoms with Crippen molar-refractivity contribution in [2.45, 2.75) is 24.6 Å². The van der Waals surface area contributed by atoms with E-state index in [0.717, 1.165) is 12.7 Å². The highest BCUT2D eigenvalue weighted by atomic mass is 32.3. The predicted molar refractivity (Wildman–Crippen MR) is 61.4 cm³/mol. The molecule has 0 aromatic carbocycles. The maximum atomic E-state index is 11.6. The van der Waals surface area contributed by atoms with Gasteiger partial charge in [-0.25, -0.2) is 21.6 Å². The molecule has 0 aromatic heterocycles. The number of hydrogen-bond donors (Lipinski definition) is 2. The molecule has 1 aliphatic heterocycles. The Hall–Kier alpha value is -0.220. The summed E-state index contributed by atoms with van der Waals surface area (Å²) in [6.45, 7) is 0.577. The molecule has 4 unspecified atom stereocenters. The van der Waals surface area contributed by atoms with Crippen molar-refractivity contribution in [3.05, 3.63) is 0 Å². The fourth-order valence-corrected chi connectivity index (χ4v) is 5.65. The van der Waals surface area contributed by atoms with Gasteiger partial charge < -0.3 is 10.5 Å². The lowest BCUT2D eigenvalue weighted by Gasteiger charge is -2.45. The summed E-state index contributed by atoms with van der Waals surface area (Å²) in [5, 5.41) is -0.916. The fraction of sp³-hybridized carbons (Fsp3) is 1.00. The summed E-state index contributed by atoms with van der Waals surface area (Å²) in [6.07, 6.45) is 1.50. The normalized spacial score (nSPS) is 37.5. The van der Waals surface area contributed by atoms with Crippen molar-refractivity contribution in [1.29, 1.82) is 0 Å². The minimum absolute atomic E-state index is 0.181. The summed E-state index contributed by atoms with van der Waals surface area (Å²) < 4.78 is 52.8. The van der Waals surface area contributed by atoms with Crippen molar-refractivity contribution in [2.24, 2.45) is 11.7 Å². The molecule has 7 nitrogen and oxygen atoms in total. The Morgan fingerprint density at radius 3 is 2.59 bits per heavy atom. The summed E-state index contributed by atoms with van der Waals surface area (Å²) in [7, 11) is -7.45. The van der Waals surface area contributed by atoms with Crippen LogP contribution in [0.2, 0.25) is 0 Å². The molecule has 100 valence electrons. The van der Waals surface area contributed by atoms with E-state index >= 15 is 0 Å². The van der Waals surface area contributed by atoms with Gasteiger partial charge in [-0.15, -0.1) is 0 Å². The quantitative estimate of drug-likeness (QED) is 0.618. The molecule has 17 heavy (non-hydrogen) atoms. The Bertz CT molecular complexity index is 500. The lowest BCUT2D eigenvalue weighted by atomic mass is 9.73. The van der Waals surface area contributed by atoms with Crippen LogP contribution in [0.5, 0.6) is 0 Å². The van der Waals surface area contributed by atoms with Crippen molar-refractivity contribution in [3.63, 3.8) is 0 Å². The van der Waals surface area contributed by atoms with Crippen LogP contribution in [-0.2, 0) is 24.6 Å². The number of fused-ring (bicyclic) bond motifs is 1. The maximum absolute atomic E-state index is 11.6. The molecule has 0 bridgehead atoms. The summed E-state index contributed by atoms with van der Waals surface area (Å²) in [5.41, 5.74) is 5.82. The molecule has 2 aliphatic rings. The van der Waals surface area contributed by atoms with E-state index in [0.29, 0.717) is 6.61 Å². The molecule has 1 heterocycles. The number of nitrogens with one attached hydrogen (secondary N) is 1. The number of rotatable bonds is 4. The Labute approximate surface area is 101 Å². The van der Waals surface area contributed by atoms with E-state index < -0.39 is 31.0 Å². The average Bonchev–Trinajstić information content (AvgIpc) is 2.54. The number of sulfone groups is 1. The zero-order chi connectivity index (χ0) is 12.8. The third-order valence-corrected chi connectivity index (χ3v) is 6.72. The van der Waals surface area contributed by atoms with Gasteiger partial charge in [0.05, 0.1) is 12.1 Å². The van der Waals surface area contributed by atoms with Crippen molar-refractivity contribution in [1.82, 2.24) is 4.72 Å². The summed E-state index contributed by atoms with van der Waals surface area (Å²) in [5.74, 6) is 0.181. The number of sulfonamides is 1. The molecule has 1 aliphatic carbocycles. The van der Waals surface area contributed by atoms with E-state index in [9.17, 15) is 16.8 Å². The molecule has 3 N–H and O–H groups in total. The van der Waals surface area contributed by atoms with Gasteiger partial charge in [-0.3, -0.25) is 0 Å². The first-order valence-corrected chi connectivity index (χ1v) is 8.96. The van der Waals surface area contributed by atoms with Gasteiger partial charge in [-0.2, -0.15) is 0 Å². The van der Waals surface area contributed by atoms with Gasteiger partial charge in [0.2, 0.25) is 10.0 Å². The summed E-state index contributed by atoms with van der Waals surface area (Å²) >= 11 is 0. The second-order valence-corrected chi connectivity index (χ2v) is 8.93. The molecule has 0 spiro atoms. The van der Waals surface area contributed by atoms with Gasteiger partial charge in [0.1, 0.15) is 0 Å². The van der Waals surface area contributed by atoms with Crippen LogP contribution in [0, 0.1) is 5.92 Å². The lowest BCUT2D eigenvalue weighted by Crippen LogP contribution is -2.69. The smallest absolute Gasteiger partial charge is 0.226 e. The molecule has 4 atom stereocenters. The predicted octanol–water partition coefficient (Wildman–Crippen LogP) is -1.98. The molecular weight excluding hydrogens is 268 g/mol. The first-order chi connectivity index (χ1) is 7.70. The fourth-order valence-electron chi connectivity index (χ4n) is 2.42. The highest BCUT2D eigenvalue weighted by molar-refractivity contribution is 8.06. The average molecular weight is 284 g/mol. The Kier molecular flexibility index (Phi) is 3.24. The van der Waals surface area contributed by atoms with Crippen molar-refractivity contribution in [3.8, 4) is 0 Å². The van der Waals surface area contributed by atoms with E-state index in [1.807, 2.05) is 0 Å². The molecule has 2 fully saturated rings. The zero-order valence-corrected chi connectivity index (χ0v) is 11.0. The van der Waals surface area contributed by atoms with Gasteiger partial charge >= 0.3 is 0 Å². The molecule has 1 saturated heterocycles. The molecule has 0 radical (unpaired) electrons. The van der Waals surface area contributed by atoms with Crippen molar-refractivity contribution >= 4 is 19.9 Å². The number of ether oxygens (including phenoxy) is 1. The van der Waals surface area contributed by atoms with Crippen molar-refractivity contribution < 1.29 is 21.6 Å². The van der Waals surface area contributed by atoms with E-state index in [2.05, 4.69) is 4.72 Å². The van der Waals surface area contributed by atoms with E-state index in [-0.39, 0.29) is 18.1 Å². The Morgan fingerprint density at radius 1 is 1.35 bits per heavy atom. The maximum Gasteiger partial charge on any atom is 0.226 e. The second-order valence-electron chi connectivity index (χ2n) is 4.67. The standard InChI is InChI=1S/C8H16N2O5S2/c1-16(11,12)4-17(13,14)10-7-6(9)5-2-3-15-8(5)7/h5-8,10H,2-4,9H2,1H3. The van der Waals surface area contributed by atoms with Crippen LogP contribution in [0.3, 0.4) is 0 Å². The van der Waals surface area contributed by atoms with Gasteiger partial charge in [0.15, 0.2) is 14.9 Å². The molecule has 1 saturated carbocycles. The van der Waals surface area contributed by atoms with Crippen LogP contribution < -0.4 is 10.5 Å². The molecule has 2 rings (SSSR count). The summed E-state index contributed by atoms with van der Waals surface area (Å²) in [4.78, 5) is 0. The van der Waals surface area contributed by atoms with Crippen molar-refractivity contribution in [2.75, 3.05) is 17.9 Å². The zero-order valence-electron chi connectivity index (χ0n) is 9.37. The highest BCUT2D eigenvalue weighted by Crippen LogP contribution is 2.38. The van der Waals surface area contributed by atoms with E-state index in [1.165, 1.54) is 0 Å². The highest BCUT2D eigenvalue weighted by Gasteiger charge is 2.53. The van der Waals surface area contributed by atoms with Crippen LogP contribution in [0.1, 0.15) is 6.42 Å². The van der Waals surface area contributed by atoms with Gasteiger partial charge in [-0.05, 0) is 6.42 Å².